The van der Waals surface area contributed by atoms with E-state index in [9.17, 15) is 9.36 Å². The molecule has 3 rings (SSSR count). The molecule has 7 nitrogen and oxygen atoms in total. The van der Waals surface area contributed by atoms with E-state index in [1.807, 2.05) is 36.4 Å². The number of nitrogens with one attached hydrogen (secondary N) is 2. The number of carbonyl (C=O) groups excluding carboxylic acids is 1. The maximum Gasteiger partial charge on any atom is 0.413 e. The monoisotopic (exact) mass is 359 g/mol. The average Bonchev–Trinajstić information content (AvgIpc) is 2.92. The molecule has 25 heavy (non-hydrogen) atoms. The first-order valence-electron chi connectivity index (χ1n) is 7.66. The molecule has 1 aromatic heterocycles. The molecule has 0 saturated heterocycles. The van der Waals surface area contributed by atoms with Gasteiger partial charge in [0.05, 0.1) is 11.2 Å². The second kappa shape index (κ2) is 6.72. The van der Waals surface area contributed by atoms with Crippen LogP contribution in [0, 0.1) is 0 Å². The molecule has 0 bridgehead atoms. The number of carbonyl (C=O) groups is 1. The number of aromatic nitrogens is 1. The lowest BCUT2D eigenvalue weighted by Crippen LogP contribution is -2.11. The third-order valence-corrected chi connectivity index (χ3v) is 4.62. The molecular weight excluding hydrogens is 341 g/mol. The number of rotatable bonds is 5. The van der Waals surface area contributed by atoms with Gasteiger partial charge >= 0.3 is 13.2 Å². The number of fused-ring (bicyclic) bond motifs is 1. The zero-order chi connectivity index (χ0) is 18.0. The Morgan fingerprint density at radius 2 is 1.80 bits per heavy atom. The van der Waals surface area contributed by atoms with E-state index < -0.39 is 13.2 Å². The number of hydrogen-bond acceptors (Lipinski definition) is 3. The summed E-state index contributed by atoms with van der Waals surface area (Å²) in [6, 6.07) is 15.2. The molecule has 1 amide bonds. The summed E-state index contributed by atoms with van der Waals surface area (Å²) in [4.78, 5) is 32.7. The van der Waals surface area contributed by atoms with Crippen LogP contribution in [0.25, 0.3) is 10.9 Å². The lowest BCUT2D eigenvalue weighted by molar-refractivity contribution is 0.258. The molecule has 0 aliphatic carbocycles. The van der Waals surface area contributed by atoms with Gasteiger partial charge < -0.3 is 25.8 Å². The van der Waals surface area contributed by atoms with Crippen molar-refractivity contribution in [3.05, 3.63) is 59.7 Å². The Hall–Kier alpha value is -2.60. The van der Waals surface area contributed by atoms with Crippen molar-refractivity contribution in [1.29, 1.82) is 0 Å². The fourth-order valence-electron chi connectivity index (χ4n) is 2.76. The van der Waals surface area contributed by atoms with Crippen molar-refractivity contribution >= 4 is 35.7 Å². The van der Waals surface area contributed by atoms with Crippen molar-refractivity contribution in [3.8, 4) is 0 Å². The number of anilines is 2. The molecule has 0 radical (unpaired) electrons. The van der Waals surface area contributed by atoms with Crippen molar-refractivity contribution in [1.82, 2.24) is 4.98 Å². The molecule has 0 saturated carbocycles. The van der Waals surface area contributed by atoms with E-state index in [0.29, 0.717) is 24.0 Å². The van der Waals surface area contributed by atoms with Crippen LogP contribution in [-0.2, 0) is 17.4 Å². The van der Waals surface area contributed by atoms with Gasteiger partial charge in [0.2, 0.25) is 0 Å². The van der Waals surface area contributed by atoms with Crippen LogP contribution in [0.1, 0.15) is 11.1 Å². The minimum absolute atomic E-state index is 0.261. The largest absolute Gasteiger partial charge is 0.413 e. The molecule has 0 aliphatic rings. The maximum atomic E-state index is 11.7. The molecular formula is C17H18N3O4P. The van der Waals surface area contributed by atoms with E-state index in [1.165, 1.54) is 0 Å². The molecule has 0 fully saturated rings. The first-order valence-corrected chi connectivity index (χ1v) is 9.27. The Kier molecular flexibility index (Phi) is 4.63. The molecule has 8 heteroatoms. The molecule has 1 heterocycles. The van der Waals surface area contributed by atoms with E-state index in [2.05, 4.69) is 10.3 Å². The highest BCUT2D eigenvalue weighted by Gasteiger charge is 2.27. The second-order valence-corrected chi connectivity index (χ2v) is 7.20. The van der Waals surface area contributed by atoms with E-state index in [-0.39, 0.29) is 5.82 Å². The molecule has 0 spiro atoms. The third kappa shape index (κ3) is 3.74. The van der Waals surface area contributed by atoms with Crippen LogP contribution in [0.5, 0.6) is 0 Å². The van der Waals surface area contributed by atoms with Crippen LogP contribution in [0.4, 0.5) is 16.3 Å². The Balaban J connectivity index is 1.98. The number of benzene rings is 2. The predicted molar refractivity (Wildman–Crippen MR) is 97.6 cm³/mol. The summed E-state index contributed by atoms with van der Waals surface area (Å²) >= 11 is 0. The van der Waals surface area contributed by atoms with Crippen molar-refractivity contribution in [2.45, 2.75) is 12.8 Å². The van der Waals surface area contributed by atoms with Crippen molar-refractivity contribution in [3.63, 3.8) is 0 Å². The van der Waals surface area contributed by atoms with Crippen LogP contribution in [-0.4, -0.2) is 20.4 Å². The Morgan fingerprint density at radius 1 is 1.08 bits per heavy atom. The van der Waals surface area contributed by atoms with Gasteiger partial charge in [0, 0.05) is 10.9 Å². The highest BCUT2D eigenvalue weighted by molar-refractivity contribution is 7.70. The van der Waals surface area contributed by atoms with Gasteiger partial charge in [0.25, 0.3) is 0 Å². The highest BCUT2D eigenvalue weighted by atomic mass is 31.2. The van der Waals surface area contributed by atoms with Gasteiger partial charge in [-0.25, -0.2) is 4.57 Å². The van der Waals surface area contributed by atoms with E-state index in [1.54, 1.807) is 12.1 Å². The number of nitrogens with two attached hydrogens (primary N) is 1. The number of para-hydroxylation sites is 1. The van der Waals surface area contributed by atoms with Crippen LogP contribution in [0.3, 0.4) is 0 Å². The molecule has 0 aliphatic heterocycles. The number of hydrogen-bond donors (Lipinski definition) is 5. The fourth-order valence-corrected chi connectivity index (χ4v) is 3.01. The number of nitrogen functional groups attached to an aromatic ring is 1. The molecule has 6 N–H and O–H groups in total. The number of aromatic amines is 1. The summed E-state index contributed by atoms with van der Waals surface area (Å²) in [6.45, 7) is 0. The summed E-state index contributed by atoms with van der Waals surface area (Å²) in [6.07, 6.45) is 1.28. The molecule has 2 aromatic carbocycles. The van der Waals surface area contributed by atoms with Gasteiger partial charge in [-0.1, -0.05) is 42.5 Å². The van der Waals surface area contributed by atoms with Crippen molar-refractivity contribution < 1.29 is 19.1 Å². The minimum atomic E-state index is -4.88. The zero-order valence-electron chi connectivity index (χ0n) is 13.3. The zero-order valence-corrected chi connectivity index (χ0v) is 14.2. The minimum Gasteiger partial charge on any atom is -0.397 e. The summed E-state index contributed by atoms with van der Waals surface area (Å²) in [7, 11) is -4.88. The van der Waals surface area contributed by atoms with Crippen molar-refractivity contribution in [2.24, 2.45) is 0 Å². The van der Waals surface area contributed by atoms with Crippen LogP contribution >= 0.6 is 7.60 Å². The number of amides is 1. The third-order valence-electron chi connectivity index (χ3n) is 3.98. The fraction of sp³-hybridized carbons (Fsp3) is 0.118. The van der Waals surface area contributed by atoms with E-state index >= 15 is 0 Å². The van der Waals surface area contributed by atoms with Crippen LogP contribution < -0.4 is 11.1 Å². The van der Waals surface area contributed by atoms with Gasteiger partial charge in [0.1, 0.15) is 5.82 Å². The lowest BCUT2D eigenvalue weighted by Gasteiger charge is -2.08. The summed E-state index contributed by atoms with van der Waals surface area (Å²) < 4.78 is 11.2. The number of aryl methyl sites for hydroxylation is 2. The SMILES string of the molecule is Nc1cccc2c(CCc3ccccc3)c(NC(=O)P(=O)(O)O)[nH]c12. The van der Waals surface area contributed by atoms with Crippen molar-refractivity contribution in [2.75, 3.05) is 11.1 Å². The second-order valence-electron chi connectivity index (χ2n) is 5.71. The quantitative estimate of drug-likeness (QED) is 0.353. The normalized spacial score (nSPS) is 11.6. The Bertz CT molecular complexity index is 963. The van der Waals surface area contributed by atoms with Gasteiger partial charge in [-0.15, -0.1) is 0 Å². The topological polar surface area (TPSA) is 128 Å². The van der Waals surface area contributed by atoms with Crippen LogP contribution in [0.2, 0.25) is 0 Å². The molecule has 0 atom stereocenters. The smallest absolute Gasteiger partial charge is 0.397 e. The summed E-state index contributed by atoms with van der Waals surface area (Å²) in [5, 5.41) is 3.11. The number of H-pyrrole nitrogens is 1. The first kappa shape index (κ1) is 17.2. The average molecular weight is 359 g/mol. The molecule has 130 valence electrons. The Labute approximate surface area is 144 Å². The lowest BCUT2D eigenvalue weighted by atomic mass is 10.0. The van der Waals surface area contributed by atoms with E-state index in [0.717, 1.165) is 16.5 Å². The first-order chi connectivity index (χ1) is 11.9. The summed E-state index contributed by atoms with van der Waals surface area (Å²) in [5.74, 6) is 0.261. The maximum absolute atomic E-state index is 11.7. The van der Waals surface area contributed by atoms with Gasteiger partial charge in [-0.05, 0) is 24.5 Å². The van der Waals surface area contributed by atoms with E-state index in [4.69, 9.17) is 15.5 Å². The molecule has 3 aromatic rings. The van der Waals surface area contributed by atoms with Crippen LogP contribution in [0.15, 0.2) is 48.5 Å². The van der Waals surface area contributed by atoms with Gasteiger partial charge in [0.15, 0.2) is 0 Å². The standard InChI is InChI=1S/C17H18N3O4P/c18-14-8-4-7-12-13(10-9-11-5-2-1-3-6-11)16(19-15(12)14)20-17(21)25(22,23)24/h1-8,19H,9-10,18H2,(H,20,21)(H2,22,23,24). The highest BCUT2D eigenvalue weighted by Crippen LogP contribution is 2.38. The molecule has 0 unspecified atom stereocenters. The van der Waals surface area contributed by atoms with Gasteiger partial charge in [-0.3, -0.25) is 4.79 Å². The summed E-state index contributed by atoms with van der Waals surface area (Å²) in [5.41, 5.74) is 7.62. The van der Waals surface area contributed by atoms with Gasteiger partial charge in [-0.2, -0.15) is 0 Å². The predicted octanol–water partition coefficient (Wildman–Crippen LogP) is 3.24. The Morgan fingerprint density at radius 3 is 2.48 bits per heavy atom.